The Balaban J connectivity index is 3.73. The summed E-state index contributed by atoms with van der Waals surface area (Å²) in [5, 5.41) is 8.24. The van der Waals surface area contributed by atoms with E-state index in [0.29, 0.717) is 12.8 Å². The molecule has 0 amide bonds. The summed E-state index contributed by atoms with van der Waals surface area (Å²) in [5.41, 5.74) is -0.283. The van der Waals surface area contributed by atoms with Crippen LogP contribution >= 0.6 is 0 Å². The highest BCUT2D eigenvalue weighted by Gasteiger charge is 2.21. The van der Waals surface area contributed by atoms with Gasteiger partial charge >= 0.3 is 0 Å². The van der Waals surface area contributed by atoms with Gasteiger partial charge in [0.05, 0.1) is 6.10 Å². The monoisotopic (exact) mass is 174 g/mol. The van der Waals surface area contributed by atoms with Crippen LogP contribution in [0.15, 0.2) is 0 Å². The number of carbonyl (C=O) groups excluding carboxylic acids is 1. The fraction of sp³-hybridized carbons (Fsp3) is 0.889. The summed E-state index contributed by atoms with van der Waals surface area (Å²) >= 11 is 0. The largest absolute Gasteiger partial charge is 0.299 e. The maximum absolute atomic E-state index is 11.3. The van der Waals surface area contributed by atoms with Gasteiger partial charge in [0.2, 0.25) is 0 Å². The summed E-state index contributed by atoms with van der Waals surface area (Å²) in [4.78, 5) is 15.4. The molecule has 0 fully saturated rings. The lowest BCUT2D eigenvalue weighted by molar-refractivity contribution is -0.274. The Hall–Kier alpha value is -0.410. The van der Waals surface area contributed by atoms with Crippen LogP contribution in [0.25, 0.3) is 0 Å². The zero-order valence-corrected chi connectivity index (χ0v) is 8.26. The van der Waals surface area contributed by atoms with Gasteiger partial charge < -0.3 is 0 Å². The average molecular weight is 174 g/mol. The number of rotatable bonds is 4. The normalized spacial score (nSPS) is 14.4. The molecule has 0 spiro atoms. The molecule has 0 heterocycles. The summed E-state index contributed by atoms with van der Waals surface area (Å²) in [6.07, 6.45) is 0.786. The zero-order chi connectivity index (χ0) is 9.78. The van der Waals surface area contributed by atoms with Crippen molar-refractivity contribution in [2.75, 3.05) is 0 Å². The molecule has 72 valence electrons. The van der Waals surface area contributed by atoms with Gasteiger partial charge in [0, 0.05) is 11.8 Å². The molecule has 3 nitrogen and oxygen atoms in total. The Labute approximate surface area is 73.7 Å². The molecule has 0 radical (unpaired) electrons. The van der Waals surface area contributed by atoms with Crippen molar-refractivity contribution in [2.45, 2.75) is 46.6 Å². The van der Waals surface area contributed by atoms with E-state index in [9.17, 15) is 4.79 Å². The molecule has 0 aliphatic carbocycles. The van der Waals surface area contributed by atoms with E-state index < -0.39 is 0 Å². The molecule has 12 heavy (non-hydrogen) atoms. The van der Waals surface area contributed by atoms with Crippen LogP contribution in [0.1, 0.15) is 40.5 Å². The second kappa shape index (κ2) is 4.58. The highest BCUT2D eigenvalue weighted by Crippen LogP contribution is 2.18. The molecule has 0 saturated heterocycles. The lowest BCUT2D eigenvalue weighted by atomic mass is 9.88. The second-order valence-corrected chi connectivity index (χ2v) is 4.13. The van der Waals surface area contributed by atoms with Crippen LogP contribution in [0.3, 0.4) is 0 Å². The molecule has 0 aliphatic heterocycles. The zero-order valence-electron chi connectivity index (χ0n) is 8.26. The number of Topliss-reactive ketones (excluding diaryl/α,β-unsaturated/α-hetero) is 1. The molecule has 1 atom stereocenters. The molecule has 0 saturated carbocycles. The third kappa shape index (κ3) is 4.46. The highest BCUT2D eigenvalue weighted by atomic mass is 17.1. The summed E-state index contributed by atoms with van der Waals surface area (Å²) in [6.45, 7) is 7.40. The van der Waals surface area contributed by atoms with Crippen LogP contribution in [0.4, 0.5) is 0 Å². The van der Waals surface area contributed by atoms with Gasteiger partial charge in [-0.05, 0) is 13.3 Å². The molecule has 0 aliphatic rings. The first-order valence-corrected chi connectivity index (χ1v) is 4.21. The van der Waals surface area contributed by atoms with Crippen LogP contribution in [-0.2, 0) is 9.68 Å². The lowest BCUT2D eigenvalue weighted by Gasteiger charge is -2.17. The van der Waals surface area contributed by atoms with Crippen molar-refractivity contribution in [1.82, 2.24) is 0 Å². The van der Waals surface area contributed by atoms with Crippen molar-refractivity contribution >= 4 is 5.78 Å². The van der Waals surface area contributed by atoms with E-state index in [1.165, 1.54) is 0 Å². The second-order valence-electron chi connectivity index (χ2n) is 4.13. The average Bonchev–Trinajstić information content (AvgIpc) is 1.97. The van der Waals surface area contributed by atoms with Crippen molar-refractivity contribution in [3.8, 4) is 0 Å². The first-order chi connectivity index (χ1) is 5.38. The minimum Gasteiger partial charge on any atom is -0.299 e. The van der Waals surface area contributed by atoms with Crippen LogP contribution < -0.4 is 0 Å². The molecular weight excluding hydrogens is 156 g/mol. The van der Waals surface area contributed by atoms with E-state index in [2.05, 4.69) is 4.89 Å². The Morgan fingerprint density at radius 2 is 2.00 bits per heavy atom. The highest BCUT2D eigenvalue weighted by molar-refractivity contribution is 5.83. The minimum atomic E-state index is -0.283. The summed E-state index contributed by atoms with van der Waals surface area (Å²) in [5.74, 6) is 0.200. The third-order valence-corrected chi connectivity index (χ3v) is 1.79. The Kier molecular flexibility index (Phi) is 4.42. The molecule has 0 aromatic carbocycles. The molecule has 1 N–H and O–H groups in total. The Morgan fingerprint density at radius 1 is 1.50 bits per heavy atom. The van der Waals surface area contributed by atoms with Gasteiger partial charge in [0.15, 0.2) is 0 Å². The van der Waals surface area contributed by atoms with Crippen LogP contribution in [0, 0.1) is 5.41 Å². The topological polar surface area (TPSA) is 46.5 Å². The fourth-order valence-electron chi connectivity index (χ4n) is 0.762. The fourth-order valence-corrected chi connectivity index (χ4v) is 0.762. The smallest absolute Gasteiger partial charge is 0.138 e. The van der Waals surface area contributed by atoms with Gasteiger partial charge in [-0.1, -0.05) is 20.8 Å². The van der Waals surface area contributed by atoms with Crippen molar-refractivity contribution in [3.05, 3.63) is 0 Å². The molecular formula is C9H18O3. The number of carbonyl (C=O) groups is 1. The molecule has 0 aromatic rings. The van der Waals surface area contributed by atoms with E-state index >= 15 is 0 Å². The van der Waals surface area contributed by atoms with Crippen molar-refractivity contribution in [2.24, 2.45) is 5.41 Å². The van der Waals surface area contributed by atoms with Crippen LogP contribution in [0.2, 0.25) is 0 Å². The molecule has 3 heteroatoms. The van der Waals surface area contributed by atoms with Crippen molar-refractivity contribution < 1.29 is 14.9 Å². The lowest BCUT2D eigenvalue weighted by Crippen LogP contribution is -2.21. The standard InChI is InChI=1S/C9H18O3/c1-7(12-11)5-6-8(10)9(2,3)4/h7,11H,5-6H2,1-4H3. The maximum Gasteiger partial charge on any atom is 0.138 e. The van der Waals surface area contributed by atoms with E-state index in [1.807, 2.05) is 20.8 Å². The number of ketones is 1. The van der Waals surface area contributed by atoms with Gasteiger partial charge in [-0.2, -0.15) is 0 Å². The first kappa shape index (κ1) is 11.6. The van der Waals surface area contributed by atoms with E-state index in [-0.39, 0.29) is 17.3 Å². The minimum absolute atomic E-state index is 0.200. The third-order valence-electron chi connectivity index (χ3n) is 1.79. The molecule has 0 aromatic heterocycles. The van der Waals surface area contributed by atoms with Crippen molar-refractivity contribution in [3.63, 3.8) is 0 Å². The van der Waals surface area contributed by atoms with Crippen LogP contribution in [0.5, 0.6) is 0 Å². The van der Waals surface area contributed by atoms with Gasteiger partial charge in [-0.3, -0.25) is 10.1 Å². The maximum atomic E-state index is 11.3. The van der Waals surface area contributed by atoms with Gasteiger partial charge in [-0.15, -0.1) is 0 Å². The quantitative estimate of drug-likeness (QED) is 0.525. The van der Waals surface area contributed by atoms with E-state index in [1.54, 1.807) is 6.92 Å². The molecule has 1 unspecified atom stereocenters. The Bertz CT molecular complexity index is 146. The van der Waals surface area contributed by atoms with Gasteiger partial charge in [0.25, 0.3) is 0 Å². The number of hydrogen-bond donors (Lipinski definition) is 1. The summed E-state index contributed by atoms with van der Waals surface area (Å²) < 4.78 is 0. The van der Waals surface area contributed by atoms with Gasteiger partial charge in [-0.25, -0.2) is 4.89 Å². The van der Waals surface area contributed by atoms with Crippen molar-refractivity contribution in [1.29, 1.82) is 0 Å². The van der Waals surface area contributed by atoms with E-state index in [0.717, 1.165) is 0 Å². The number of hydrogen-bond acceptors (Lipinski definition) is 3. The predicted molar refractivity (Wildman–Crippen MR) is 46.9 cm³/mol. The molecule has 0 bridgehead atoms. The van der Waals surface area contributed by atoms with Crippen LogP contribution in [-0.4, -0.2) is 17.1 Å². The predicted octanol–water partition coefficient (Wildman–Crippen LogP) is 2.26. The summed E-state index contributed by atoms with van der Waals surface area (Å²) in [7, 11) is 0. The SMILES string of the molecule is CC(CCC(=O)C(C)(C)C)OO. The molecule has 0 rings (SSSR count). The first-order valence-electron chi connectivity index (χ1n) is 4.21. The van der Waals surface area contributed by atoms with E-state index in [4.69, 9.17) is 5.26 Å². The Morgan fingerprint density at radius 3 is 2.33 bits per heavy atom. The van der Waals surface area contributed by atoms with Gasteiger partial charge in [0.1, 0.15) is 5.78 Å². The summed E-state index contributed by atoms with van der Waals surface area (Å²) in [6, 6.07) is 0.